The average Bonchev–Trinajstić information content (AvgIpc) is 3.55. The molecule has 3 aliphatic rings. The van der Waals surface area contributed by atoms with Crippen LogP contribution < -0.4 is 5.43 Å². The number of aromatic nitrogens is 3. The van der Waals surface area contributed by atoms with Crippen molar-refractivity contribution in [2.45, 2.75) is 64.6 Å². The number of likely N-dealkylation sites (tertiary alicyclic amines) is 1. The number of hydrogen-bond acceptors (Lipinski definition) is 6. The maximum Gasteiger partial charge on any atom is 0.250 e. The average molecular weight is 467 g/mol. The van der Waals surface area contributed by atoms with Crippen molar-refractivity contribution in [2.75, 3.05) is 18.8 Å². The van der Waals surface area contributed by atoms with Gasteiger partial charge in [0.15, 0.2) is 11.0 Å². The highest BCUT2D eigenvalue weighted by Gasteiger charge is 2.60. The summed E-state index contributed by atoms with van der Waals surface area (Å²) in [4.78, 5) is 15.1. The van der Waals surface area contributed by atoms with Gasteiger partial charge in [0.1, 0.15) is 0 Å². The van der Waals surface area contributed by atoms with Crippen molar-refractivity contribution in [3.8, 4) is 5.69 Å². The summed E-state index contributed by atoms with van der Waals surface area (Å²) >= 11 is 1.41. The summed E-state index contributed by atoms with van der Waals surface area (Å²) in [6.45, 7) is 9.98. The highest BCUT2D eigenvalue weighted by molar-refractivity contribution is 7.99. The lowest BCUT2D eigenvalue weighted by atomic mass is 9.70. The van der Waals surface area contributed by atoms with E-state index in [-0.39, 0.29) is 22.5 Å². The first-order chi connectivity index (χ1) is 15.9. The van der Waals surface area contributed by atoms with Gasteiger partial charge in [-0.2, -0.15) is 5.10 Å². The molecule has 1 saturated heterocycles. The van der Waals surface area contributed by atoms with Crippen LogP contribution in [0.25, 0.3) is 5.69 Å². The number of hydrogen-bond donors (Lipinski definition) is 1. The number of rotatable bonds is 7. The van der Waals surface area contributed by atoms with Crippen LogP contribution in [0, 0.1) is 16.7 Å². The molecule has 0 spiro atoms. The Morgan fingerprint density at radius 2 is 1.94 bits per heavy atom. The zero-order valence-corrected chi connectivity index (χ0v) is 20.7. The van der Waals surface area contributed by atoms with E-state index < -0.39 is 0 Å². The molecule has 1 amide bonds. The first-order valence-corrected chi connectivity index (χ1v) is 13.1. The summed E-state index contributed by atoms with van der Waals surface area (Å²) in [5, 5.41) is 14.3. The number of hydrazone groups is 1. The molecular formula is C25H34N6OS. The van der Waals surface area contributed by atoms with E-state index in [0.717, 1.165) is 54.9 Å². The Morgan fingerprint density at radius 1 is 1.18 bits per heavy atom. The lowest BCUT2D eigenvalue weighted by Crippen LogP contribution is -2.34. The van der Waals surface area contributed by atoms with Gasteiger partial charge in [0.25, 0.3) is 5.91 Å². The Labute approximate surface area is 200 Å². The monoisotopic (exact) mass is 466 g/mol. The highest BCUT2D eigenvalue weighted by atomic mass is 32.2. The molecule has 1 aromatic carbocycles. The van der Waals surface area contributed by atoms with E-state index >= 15 is 0 Å². The summed E-state index contributed by atoms with van der Waals surface area (Å²) in [7, 11) is 0. The maximum atomic E-state index is 12.7. The van der Waals surface area contributed by atoms with Crippen LogP contribution in [0.1, 0.15) is 58.7 Å². The van der Waals surface area contributed by atoms with E-state index in [1.54, 1.807) is 0 Å². The topological polar surface area (TPSA) is 75.4 Å². The quantitative estimate of drug-likeness (QED) is 0.487. The number of para-hydroxylation sites is 1. The van der Waals surface area contributed by atoms with Gasteiger partial charge < -0.3 is 0 Å². The van der Waals surface area contributed by atoms with Crippen LogP contribution in [-0.4, -0.2) is 50.1 Å². The Hall–Kier alpha value is -2.19. The third-order valence-electron chi connectivity index (χ3n) is 8.44. The molecule has 8 heteroatoms. The van der Waals surface area contributed by atoms with Gasteiger partial charge in [-0.25, -0.2) is 5.43 Å². The van der Waals surface area contributed by atoms with Crippen molar-refractivity contribution in [1.82, 2.24) is 25.1 Å². The largest absolute Gasteiger partial charge is 0.296 e. The Balaban J connectivity index is 1.27. The normalized spacial score (nSPS) is 27.5. The van der Waals surface area contributed by atoms with Crippen molar-refractivity contribution >= 4 is 23.4 Å². The molecule has 2 bridgehead atoms. The van der Waals surface area contributed by atoms with E-state index in [4.69, 9.17) is 0 Å². The lowest BCUT2D eigenvalue weighted by molar-refractivity contribution is -0.118. The van der Waals surface area contributed by atoms with Crippen LogP contribution in [0.5, 0.6) is 0 Å². The van der Waals surface area contributed by atoms with E-state index in [2.05, 4.69) is 63.1 Å². The molecule has 5 rings (SSSR count). The molecule has 1 aliphatic heterocycles. The van der Waals surface area contributed by atoms with Crippen LogP contribution in [0.15, 0.2) is 40.6 Å². The standard InChI is InChI=1S/C25H34N6OS/c1-24(2)18-11-12-25(24,3)20(15-18)26-28-22(32)17-33-23-29-27-21(16-30-13-7-8-14-30)31(23)19-9-5-4-6-10-19/h4-6,9-10,18H,7-8,11-17H2,1-3H3,(H,28,32)/b26-20-. The van der Waals surface area contributed by atoms with E-state index in [0.29, 0.717) is 5.92 Å². The van der Waals surface area contributed by atoms with Gasteiger partial charge in [-0.15, -0.1) is 10.2 Å². The second-order valence-electron chi connectivity index (χ2n) is 10.4. The molecule has 2 aromatic rings. The number of thioether (sulfide) groups is 1. The Bertz CT molecular complexity index is 1040. The van der Waals surface area contributed by atoms with Crippen molar-refractivity contribution in [2.24, 2.45) is 21.8 Å². The maximum absolute atomic E-state index is 12.7. The smallest absolute Gasteiger partial charge is 0.250 e. The molecule has 1 N–H and O–H groups in total. The molecule has 2 atom stereocenters. The molecule has 2 saturated carbocycles. The predicted octanol–water partition coefficient (Wildman–Crippen LogP) is 4.27. The number of fused-ring (bicyclic) bond motifs is 2. The molecule has 1 aromatic heterocycles. The van der Waals surface area contributed by atoms with Crippen LogP contribution in [0.4, 0.5) is 0 Å². The molecule has 7 nitrogen and oxygen atoms in total. The van der Waals surface area contributed by atoms with Gasteiger partial charge in [0, 0.05) is 16.8 Å². The first-order valence-electron chi connectivity index (χ1n) is 12.1. The molecular weight excluding hydrogens is 432 g/mol. The molecule has 2 unspecified atom stereocenters. The van der Waals surface area contributed by atoms with Crippen molar-refractivity contribution in [3.05, 3.63) is 36.2 Å². The van der Waals surface area contributed by atoms with Crippen molar-refractivity contribution in [1.29, 1.82) is 0 Å². The number of carbonyl (C=O) groups excluding carboxylic acids is 1. The highest BCUT2D eigenvalue weighted by Crippen LogP contribution is 2.63. The Morgan fingerprint density at radius 3 is 2.61 bits per heavy atom. The third-order valence-corrected chi connectivity index (χ3v) is 9.37. The Kier molecular flexibility index (Phi) is 6.07. The van der Waals surface area contributed by atoms with Gasteiger partial charge >= 0.3 is 0 Å². The van der Waals surface area contributed by atoms with Gasteiger partial charge in [0.05, 0.1) is 12.3 Å². The number of benzene rings is 1. The minimum absolute atomic E-state index is 0.0933. The second-order valence-corrected chi connectivity index (χ2v) is 11.4. The summed E-state index contributed by atoms with van der Waals surface area (Å²) < 4.78 is 2.08. The summed E-state index contributed by atoms with van der Waals surface area (Å²) in [6, 6.07) is 10.2. The third kappa shape index (κ3) is 4.12. The summed E-state index contributed by atoms with van der Waals surface area (Å²) in [5.74, 6) is 1.75. The summed E-state index contributed by atoms with van der Waals surface area (Å²) in [6.07, 6.45) is 5.90. The van der Waals surface area contributed by atoms with E-state index in [9.17, 15) is 4.79 Å². The van der Waals surface area contributed by atoms with Crippen molar-refractivity contribution < 1.29 is 4.79 Å². The van der Waals surface area contributed by atoms with Crippen LogP contribution in [0.2, 0.25) is 0 Å². The minimum Gasteiger partial charge on any atom is -0.296 e. The molecule has 176 valence electrons. The first kappa shape index (κ1) is 22.6. The fourth-order valence-electron chi connectivity index (χ4n) is 5.86. The van der Waals surface area contributed by atoms with E-state index in [1.165, 1.54) is 31.0 Å². The van der Waals surface area contributed by atoms with Crippen LogP contribution in [-0.2, 0) is 11.3 Å². The molecule has 0 radical (unpaired) electrons. The molecule has 2 aliphatic carbocycles. The van der Waals surface area contributed by atoms with Gasteiger partial charge in [-0.05, 0) is 68.7 Å². The minimum atomic E-state index is -0.0969. The fraction of sp³-hybridized carbons (Fsp3) is 0.600. The summed E-state index contributed by atoms with van der Waals surface area (Å²) in [5.41, 5.74) is 5.36. The molecule has 3 fully saturated rings. The molecule has 33 heavy (non-hydrogen) atoms. The van der Waals surface area contributed by atoms with E-state index in [1.807, 2.05) is 18.2 Å². The zero-order valence-electron chi connectivity index (χ0n) is 19.9. The fourth-order valence-corrected chi connectivity index (χ4v) is 6.63. The lowest BCUT2D eigenvalue weighted by Gasteiger charge is -2.34. The van der Waals surface area contributed by atoms with Crippen molar-refractivity contribution in [3.63, 3.8) is 0 Å². The number of nitrogens with zero attached hydrogens (tertiary/aromatic N) is 5. The van der Waals surface area contributed by atoms with Crippen LogP contribution >= 0.6 is 11.8 Å². The van der Waals surface area contributed by atoms with Gasteiger partial charge in [-0.3, -0.25) is 14.3 Å². The zero-order chi connectivity index (χ0) is 23.1. The van der Waals surface area contributed by atoms with Crippen LogP contribution in [0.3, 0.4) is 0 Å². The second kappa shape index (κ2) is 8.87. The predicted molar refractivity (Wildman–Crippen MR) is 131 cm³/mol. The van der Waals surface area contributed by atoms with Gasteiger partial charge in [0.2, 0.25) is 0 Å². The number of carbonyl (C=O) groups is 1. The number of nitrogens with one attached hydrogen (secondary N) is 1. The SMILES string of the molecule is CC12CCC(C/C1=N/NC(=O)CSc1nnc(CN3CCCC3)n1-c1ccccc1)C2(C)C. The van der Waals surface area contributed by atoms with Gasteiger partial charge in [-0.1, -0.05) is 50.7 Å². The number of amides is 1. The molecule has 2 heterocycles.